The molecule has 0 unspecified atom stereocenters. The Morgan fingerprint density at radius 3 is 1.73 bits per heavy atom. The zero-order valence-electron chi connectivity index (χ0n) is 10.00. The van der Waals surface area contributed by atoms with Crippen molar-refractivity contribution < 1.29 is 14.7 Å². The van der Waals surface area contributed by atoms with Crippen LogP contribution < -0.4 is 0 Å². The van der Waals surface area contributed by atoms with Gasteiger partial charge in [0.15, 0.2) is 0 Å². The molecule has 0 bridgehead atoms. The Kier molecular flexibility index (Phi) is 14.9. The first-order chi connectivity index (χ1) is 5.91. The molecule has 0 rings (SSSR count). The third kappa shape index (κ3) is 7.21. The van der Waals surface area contributed by atoms with Crippen LogP contribution in [-0.4, -0.2) is 75.3 Å². The molecule has 3 nitrogen and oxygen atoms in total. The van der Waals surface area contributed by atoms with Gasteiger partial charge in [-0.2, -0.15) is 0 Å². The monoisotopic (exact) mass is 248 g/mol. The third-order valence-electron chi connectivity index (χ3n) is 1.74. The Balaban J connectivity index is -0.000000720. The topological polar surface area (TPSA) is 54.4 Å². The van der Waals surface area contributed by atoms with Crippen molar-refractivity contribution in [2.45, 2.75) is 27.2 Å². The summed E-state index contributed by atoms with van der Waals surface area (Å²) in [5, 5.41) is 8.35. The van der Waals surface area contributed by atoms with E-state index in [0.717, 1.165) is 0 Å². The van der Waals surface area contributed by atoms with Gasteiger partial charge in [0.05, 0.1) is 0 Å². The van der Waals surface area contributed by atoms with Crippen LogP contribution in [-0.2, 0) is 9.59 Å². The van der Waals surface area contributed by atoms with Crippen LogP contribution in [0.5, 0.6) is 0 Å². The maximum atomic E-state index is 11.0. The number of hydrogen-bond acceptors (Lipinski definition) is 2. The molecule has 0 aliphatic carbocycles. The molecular weight excluding hydrogens is 234 g/mol. The molecule has 1 N–H and O–H groups in total. The molecule has 0 aromatic heterocycles. The second-order valence-electron chi connectivity index (χ2n) is 3.01. The molecule has 6 heteroatoms. The molecule has 0 aliphatic rings. The second-order valence-corrected chi connectivity index (χ2v) is 3.42. The van der Waals surface area contributed by atoms with Gasteiger partial charge in [-0.15, -0.1) is 12.6 Å². The number of rotatable bonds is 4. The molecule has 0 amide bonds. The van der Waals surface area contributed by atoms with Crippen molar-refractivity contribution in [2.75, 3.05) is 0 Å². The molecule has 0 spiro atoms. The van der Waals surface area contributed by atoms with Gasteiger partial charge in [0.1, 0.15) is 0 Å². The third-order valence-corrected chi connectivity index (χ3v) is 1.99. The van der Waals surface area contributed by atoms with Gasteiger partial charge >= 0.3 is 5.97 Å². The van der Waals surface area contributed by atoms with Crippen LogP contribution in [0, 0.1) is 5.92 Å². The molecule has 0 aliphatic heterocycles. The summed E-state index contributed by atoms with van der Waals surface area (Å²) in [6.07, 6.45) is 0.342. The first kappa shape index (κ1) is 21.5. The molecule has 0 saturated carbocycles. The fourth-order valence-corrected chi connectivity index (χ4v) is 1.57. The van der Waals surface area contributed by atoms with Crippen molar-refractivity contribution >= 4 is 82.8 Å². The largest absolute Gasteiger partial charge is 0.478 e. The summed E-state index contributed by atoms with van der Waals surface area (Å²) >= 11 is 3.66. The summed E-state index contributed by atoms with van der Waals surface area (Å²) in [5.41, 5.74) is 0.466. The minimum absolute atomic E-state index is 0. The molecule has 0 saturated heterocycles. The van der Waals surface area contributed by atoms with E-state index in [9.17, 15) is 9.59 Å². The maximum absolute atomic E-state index is 11.0. The van der Waals surface area contributed by atoms with E-state index in [2.05, 4.69) is 12.6 Å². The number of thiol groups is 1. The molecule has 2 radical (unpaired) electrons. The molecule has 15 heavy (non-hydrogen) atoms. The van der Waals surface area contributed by atoms with E-state index in [0.29, 0.717) is 12.0 Å². The summed E-state index contributed by atoms with van der Waals surface area (Å²) in [5.74, 6) is -1.13. The SMILES string of the molecule is CCC(C(=O)O)=C(C(=O)S)C(C)C.[Na].[Na]. The Bertz CT molecular complexity index is 262. The van der Waals surface area contributed by atoms with Crippen LogP contribution in [0.15, 0.2) is 11.1 Å². The summed E-state index contributed by atoms with van der Waals surface area (Å²) < 4.78 is 0. The van der Waals surface area contributed by atoms with Crippen molar-refractivity contribution in [3.63, 3.8) is 0 Å². The van der Waals surface area contributed by atoms with Crippen LogP contribution in [0.2, 0.25) is 0 Å². The Labute approximate surface area is 140 Å². The summed E-state index contributed by atoms with van der Waals surface area (Å²) in [7, 11) is 0. The van der Waals surface area contributed by atoms with E-state index < -0.39 is 11.1 Å². The van der Waals surface area contributed by atoms with E-state index >= 15 is 0 Å². The average molecular weight is 248 g/mol. The molecule has 0 aromatic rings. The van der Waals surface area contributed by atoms with E-state index in [4.69, 9.17) is 5.11 Å². The smallest absolute Gasteiger partial charge is 0.331 e. The predicted octanol–water partition coefficient (Wildman–Crippen LogP) is 1.13. The Hall–Kier alpha value is 1.23. The minimum atomic E-state index is -1.03. The zero-order chi connectivity index (χ0) is 10.6. The van der Waals surface area contributed by atoms with Crippen molar-refractivity contribution in [3.05, 3.63) is 11.1 Å². The minimum Gasteiger partial charge on any atom is -0.478 e. The number of carboxylic acids is 1. The van der Waals surface area contributed by atoms with Crippen molar-refractivity contribution in [2.24, 2.45) is 5.92 Å². The predicted molar refractivity (Wildman–Crippen MR) is 65.3 cm³/mol. The second kappa shape index (κ2) is 10.4. The quantitative estimate of drug-likeness (QED) is 0.445. The number of carbonyl (C=O) groups excluding carboxylic acids is 1. The average Bonchev–Trinajstić information content (AvgIpc) is 1.97. The number of carboxylic acid groups (broad SMARTS) is 1. The van der Waals surface area contributed by atoms with Crippen molar-refractivity contribution in [1.29, 1.82) is 0 Å². The first-order valence-electron chi connectivity index (χ1n) is 4.11. The van der Waals surface area contributed by atoms with E-state index in [-0.39, 0.29) is 70.6 Å². The van der Waals surface area contributed by atoms with Gasteiger partial charge < -0.3 is 5.11 Å². The van der Waals surface area contributed by atoms with Gasteiger partial charge in [-0.05, 0) is 12.3 Å². The molecular formula is C9H14Na2O3S. The zero-order valence-corrected chi connectivity index (χ0v) is 14.9. The summed E-state index contributed by atoms with van der Waals surface area (Å²) in [4.78, 5) is 21.8. The van der Waals surface area contributed by atoms with Crippen LogP contribution in [0.25, 0.3) is 0 Å². The molecule has 0 atom stereocenters. The van der Waals surface area contributed by atoms with Gasteiger partial charge in [-0.1, -0.05) is 20.8 Å². The van der Waals surface area contributed by atoms with Crippen LogP contribution in [0.3, 0.4) is 0 Å². The van der Waals surface area contributed by atoms with Crippen LogP contribution in [0.4, 0.5) is 0 Å². The van der Waals surface area contributed by atoms with Gasteiger partial charge in [0, 0.05) is 70.3 Å². The summed E-state index contributed by atoms with van der Waals surface area (Å²) in [6.45, 7) is 5.27. The maximum Gasteiger partial charge on any atom is 0.331 e. The molecule has 0 aromatic carbocycles. The first-order valence-corrected chi connectivity index (χ1v) is 4.56. The van der Waals surface area contributed by atoms with Crippen molar-refractivity contribution in [3.8, 4) is 0 Å². The molecule has 0 fully saturated rings. The standard InChI is InChI=1S/C9H14O3S.2Na/c1-4-6(8(10)11)7(5(2)3)9(12)13;;/h5H,4H2,1-3H3,(H,10,11)(H,12,13);;. The molecule has 0 heterocycles. The van der Waals surface area contributed by atoms with Gasteiger partial charge in [0.2, 0.25) is 5.12 Å². The van der Waals surface area contributed by atoms with E-state index in [1.807, 2.05) is 0 Å². The number of carbonyl (C=O) groups is 2. The Morgan fingerprint density at radius 1 is 1.27 bits per heavy atom. The van der Waals surface area contributed by atoms with Gasteiger partial charge in [-0.3, -0.25) is 4.79 Å². The number of aliphatic carboxylic acids is 1. The Morgan fingerprint density at radius 2 is 1.67 bits per heavy atom. The van der Waals surface area contributed by atoms with Crippen molar-refractivity contribution in [1.82, 2.24) is 0 Å². The van der Waals surface area contributed by atoms with E-state index in [1.54, 1.807) is 20.8 Å². The van der Waals surface area contributed by atoms with Crippen LogP contribution in [0.1, 0.15) is 27.2 Å². The van der Waals surface area contributed by atoms with Gasteiger partial charge in [0.25, 0.3) is 0 Å². The fourth-order valence-electron chi connectivity index (χ4n) is 1.18. The summed E-state index contributed by atoms with van der Waals surface area (Å²) in [6, 6.07) is 0. The van der Waals surface area contributed by atoms with Crippen LogP contribution >= 0.6 is 12.6 Å². The number of hydrogen-bond donors (Lipinski definition) is 2. The fraction of sp³-hybridized carbons (Fsp3) is 0.556. The van der Waals surface area contributed by atoms with E-state index in [1.165, 1.54) is 0 Å². The normalized spacial score (nSPS) is 11.0. The van der Waals surface area contributed by atoms with Gasteiger partial charge in [-0.25, -0.2) is 4.79 Å². The molecule has 76 valence electrons.